The number of hydrogen-bond acceptors (Lipinski definition) is 8. The second-order valence-corrected chi connectivity index (χ2v) is 9.23. The van der Waals surface area contributed by atoms with E-state index in [1.165, 1.54) is 18.6 Å². The molecule has 3 heterocycles. The third-order valence-electron chi connectivity index (χ3n) is 5.22. The van der Waals surface area contributed by atoms with Crippen LogP contribution in [-0.2, 0) is 10.9 Å². The van der Waals surface area contributed by atoms with Gasteiger partial charge in [-0.1, -0.05) is 11.6 Å². The van der Waals surface area contributed by atoms with Gasteiger partial charge >= 0.3 is 6.18 Å². The summed E-state index contributed by atoms with van der Waals surface area (Å²) in [5.74, 6) is -0.463. The van der Waals surface area contributed by atoms with E-state index in [0.717, 1.165) is 23.5 Å². The average molecular weight is 541 g/mol. The summed E-state index contributed by atoms with van der Waals surface area (Å²) >= 11 is 6.62. The first-order valence-electron chi connectivity index (χ1n) is 10.7. The molecule has 2 amide bonds. The molecule has 4 rings (SSSR count). The van der Waals surface area contributed by atoms with E-state index >= 15 is 0 Å². The van der Waals surface area contributed by atoms with E-state index in [2.05, 4.69) is 25.6 Å². The van der Waals surface area contributed by atoms with Crippen LogP contribution in [0.15, 0.2) is 36.8 Å². The first kappa shape index (κ1) is 25.8. The first-order valence-corrected chi connectivity index (χ1v) is 11.9. The molecule has 190 valence electrons. The van der Waals surface area contributed by atoms with Crippen LogP contribution >= 0.6 is 22.9 Å². The Morgan fingerprint density at radius 3 is 2.61 bits per heavy atom. The molecule has 1 aliphatic heterocycles. The van der Waals surface area contributed by atoms with E-state index in [0.29, 0.717) is 37.1 Å². The highest BCUT2D eigenvalue weighted by Gasteiger charge is 2.33. The Morgan fingerprint density at radius 2 is 1.89 bits per heavy atom. The number of rotatable bonds is 6. The number of thiazole rings is 1. The Bertz CT molecular complexity index is 1270. The molecule has 2 aromatic heterocycles. The first-order chi connectivity index (χ1) is 17.1. The van der Waals surface area contributed by atoms with Crippen LogP contribution in [0.2, 0.25) is 5.02 Å². The summed E-state index contributed by atoms with van der Waals surface area (Å²) in [4.78, 5) is 39.9. The van der Waals surface area contributed by atoms with E-state index in [4.69, 9.17) is 16.3 Å². The minimum absolute atomic E-state index is 0.0622. The summed E-state index contributed by atoms with van der Waals surface area (Å²) in [6.45, 7) is 4.16. The van der Waals surface area contributed by atoms with Crippen molar-refractivity contribution < 1.29 is 27.5 Å². The molecule has 36 heavy (non-hydrogen) atoms. The predicted molar refractivity (Wildman–Crippen MR) is 127 cm³/mol. The molecule has 0 unspecified atom stereocenters. The van der Waals surface area contributed by atoms with Crippen LogP contribution in [0.4, 0.5) is 24.7 Å². The summed E-state index contributed by atoms with van der Waals surface area (Å²) in [6.07, 6.45) is -2.05. The van der Waals surface area contributed by atoms with Gasteiger partial charge in [0.1, 0.15) is 27.7 Å². The van der Waals surface area contributed by atoms with Gasteiger partial charge in [-0.15, -0.1) is 11.3 Å². The second-order valence-electron chi connectivity index (χ2n) is 7.77. The molecule has 0 saturated carbocycles. The highest BCUT2D eigenvalue weighted by molar-refractivity contribution is 7.13. The molecule has 0 radical (unpaired) electrons. The number of halogens is 4. The fraction of sp³-hybridized carbons (Fsp3) is 0.318. The molecule has 1 atom stereocenters. The van der Waals surface area contributed by atoms with Gasteiger partial charge < -0.3 is 20.3 Å². The van der Waals surface area contributed by atoms with Gasteiger partial charge in [0, 0.05) is 24.8 Å². The molecular weight excluding hydrogens is 521 g/mol. The Hall–Kier alpha value is -3.29. The maximum atomic E-state index is 13.1. The van der Waals surface area contributed by atoms with E-state index in [-0.39, 0.29) is 16.3 Å². The van der Waals surface area contributed by atoms with Gasteiger partial charge in [-0.25, -0.2) is 15.0 Å². The number of nitrogens with one attached hydrogen (secondary N) is 2. The third-order valence-corrected chi connectivity index (χ3v) is 6.72. The Kier molecular flexibility index (Phi) is 7.71. The number of hydrogen-bond donors (Lipinski definition) is 2. The van der Waals surface area contributed by atoms with E-state index < -0.39 is 34.6 Å². The van der Waals surface area contributed by atoms with Crippen molar-refractivity contribution in [2.45, 2.75) is 19.1 Å². The van der Waals surface area contributed by atoms with Crippen molar-refractivity contribution in [1.82, 2.24) is 20.3 Å². The summed E-state index contributed by atoms with van der Waals surface area (Å²) in [5, 5.41) is 5.15. The average Bonchev–Trinajstić information content (AvgIpc) is 3.36. The van der Waals surface area contributed by atoms with Crippen LogP contribution in [0.25, 0.3) is 0 Å². The summed E-state index contributed by atoms with van der Waals surface area (Å²) in [7, 11) is 0. The van der Waals surface area contributed by atoms with Crippen LogP contribution < -0.4 is 15.5 Å². The topological polar surface area (TPSA) is 109 Å². The highest BCUT2D eigenvalue weighted by atomic mass is 35.5. The number of morpholine rings is 1. The monoisotopic (exact) mass is 540 g/mol. The number of carbonyl (C=O) groups excluding carboxylic acids is 2. The minimum Gasteiger partial charge on any atom is -0.378 e. The Labute approximate surface area is 212 Å². The number of carbonyl (C=O) groups is 2. The predicted octanol–water partition coefficient (Wildman–Crippen LogP) is 4.19. The van der Waals surface area contributed by atoms with Crippen molar-refractivity contribution in [3.8, 4) is 0 Å². The zero-order valence-electron chi connectivity index (χ0n) is 18.8. The van der Waals surface area contributed by atoms with E-state index in [1.807, 2.05) is 4.90 Å². The summed E-state index contributed by atoms with van der Waals surface area (Å²) in [5.41, 5.74) is -0.936. The Balaban J connectivity index is 1.40. The van der Waals surface area contributed by atoms with Crippen molar-refractivity contribution in [3.05, 3.63) is 63.0 Å². The Morgan fingerprint density at radius 1 is 1.14 bits per heavy atom. The van der Waals surface area contributed by atoms with E-state index in [1.54, 1.807) is 13.0 Å². The molecule has 0 spiro atoms. The van der Waals surface area contributed by atoms with E-state index in [9.17, 15) is 22.8 Å². The standard InChI is InChI=1S/C22H20ClF3N6O3S/c1-12(30-19(33)16-9-18(29-11-28-16)32-4-6-35-7-5-32)21-27-10-17(36-21)20(34)31-13-2-3-15(23)14(8-13)22(24,25)26/h2-3,8-12H,4-7H2,1H3,(H,30,33)(H,31,34)/t12-/m1/s1. The van der Waals surface area contributed by atoms with Crippen LogP contribution in [0, 0.1) is 0 Å². The zero-order valence-corrected chi connectivity index (χ0v) is 20.4. The number of benzene rings is 1. The molecule has 3 aromatic rings. The number of aromatic nitrogens is 3. The smallest absolute Gasteiger partial charge is 0.378 e. The number of alkyl halides is 3. The molecule has 0 bridgehead atoms. The van der Waals surface area contributed by atoms with Crippen LogP contribution in [0.1, 0.15) is 43.7 Å². The van der Waals surface area contributed by atoms with Crippen LogP contribution in [0.5, 0.6) is 0 Å². The maximum Gasteiger partial charge on any atom is 0.417 e. The normalized spacial score (nSPS) is 14.9. The number of nitrogens with zero attached hydrogens (tertiary/aromatic N) is 4. The molecular formula is C22H20ClF3N6O3S. The summed E-state index contributed by atoms with van der Waals surface area (Å²) < 4.78 is 44.5. The van der Waals surface area contributed by atoms with Gasteiger partial charge in [-0.05, 0) is 25.1 Å². The van der Waals surface area contributed by atoms with Crippen molar-refractivity contribution in [1.29, 1.82) is 0 Å². The van der Waals surface area contributed by atoms with Crippen molar-refractivity contribution in [2.24, 2.45) is 0 Å². The molecule has 14 heteroatoms. The van der Waals surface area contributed by atoms with Crippen molar-refractivity contribution >= 4 is 46.3 Å². The molecule has 2 N–H and O–H groups in total. The zero-order chi connectivity index (χ0) is 25.9. The molecule has 1 saturated heterocycles. The van der Waals surface area contributed by atoms with Gasteiger partial charge in [0.2, 0.25) is 0 Å². The van der Waals surface area contributed by atoms with Crippen molar-refractivity contribution in [3.63, 3.8) is 0 Å². The van der Waals surface area contributed by atoms with Gasteiger partial charge in [-0.3, -0.25) is 9.59 Å². The van der Waals surface area contributed by atoms with Gasteiger partial charge in [-0.2, -0.15) is 13.2 Å². The largest absolute Gasteiger partial charge is 0.417 e. The van der Waals surface area contributed by atoms with Gasteiger partial charge in [0.25, 0.3) is 11.8 Å². The number of amides is 2. The lowest BCUT2D eigenvalue weighted by Crippen LogP contribution is -2.37. The molecule has 1 aliphatic rings. The molecule has 1 aromatic carbocycles. The second kappa shape index (κ2) is 10.8. The SMILES string of the molecule is C[C@@H](NC(=O)c1cc(N2CCOCC2)ncn1)c1ncc(C(=O)Nc2ccc(Cl)c(C(F)(F)F)c2)s1. The maximum absolute atomic E-state index is 13.1. The highest BCUT2D eigenvalue weighted by Crippen LogP contribution is 2.36. The quantitative estimate of drug-likeness (QED) is 0.482. The minimum atomic E-state index is -4.66. The van der Waals surface area contributed by atoms with Crippen LogP contribution in [-0.4, -0.2) is 53.1 Å². The van der Waals surface area contributed by atoms with Gasteiger partial charge in [0.05, 0.1) is 36.0 Å². The summed E-state index contributed by atoms with van der Waals surface area (Å²) in [6, 6.07) is 4.13. The molecule has 9 nitrogen and oxygen atoms in total. The van der Waals surface area contributed by atoms with Crippen LogP contribution in [0.3, 0.4) is 0 Å². The number of ether oxygens (including phenoxy) is 1. The lowest BCUT2D eigenvalue weighted by atomic mass is 10.2. The molecule has 0 aliphatic carbocycles. The lowest BCUT2D eigenvalue weighted by molar-refractivity contribution is -0.137. The fourth-order valence-electron chi connectivity index (χ4n) is 3.37. The lowest BCUT2D eigenvalue weighted by Gasteiger charge is -2.27. The van der Waals surface area contributed by atoms with Gasteiger partial charge in [0.15, 0.2) is 0 Å². The fourth-order valence-corrected chi connectivity index (χ4v) is 4.41. The molecule has 1 fully saturated rings. The number of anilines is 2. The van der Waals surface area contributed by atoms with Crippen molar-refractivity contribution in [2.75, 3.05) is 36.5 Å². The third kappa shape index (κ3) is 6.09.